The van der Waals surface area contributed by atoms with Gasteiger partial charge in [0.15, 0.2) is 0 Å². The molecule has 1 aromatic heterocycles. The second kappa shape index (κ2) is 5.67. The van der Waals surface area contributed by atoms with E-state index in [1.807, 2.05) is 13.1 Å². The first-order valence-electron chi connectivity index (χ1n) is 6.70. The zero-order chi connectivity index (χ0) is 13.1. The molecule has 0 bridgehead atoms. The minimum atomic E-state index is -0.390. The molecule has 0 unspecified atom stereocenters. The third-order valence-corrected chi connectivity index (χ3v) is 3.71. The molecule has 1 N–H and O–H groups in total. The van der Waals surface area contributed by atoms with Crippen LogP contribution in [0.5, 0.6) is 0 Å². The van der Waals surface area contributed by atoms with E-state index in [-0.39, 0.29) is 6.10 Å². The smallest absolute Gasteiger partial charge is 0.128 e. The summed E-state index contributed by atoms with van der Waals surface area (Å²) in [6.07, 6.45) is 2.17. The van der Waals surface area contributed by atoms with E-state index in [1.54, 1.807) is 0 Å². The van der Waals surface area contributed by atoms with E-state index in [4.69, 9.17) is 0 Å². The summed E-state index contributed by atoms with van der Waals surface area (Å²) >= 11 is 0. The van der Waals surface area contributed by atoms with Crippen LogP contribution in [0.3, 0.4) is 0 Å². The highest BCUT2D eigenvalue weighted by Gasteiger charge is 2.17. The van der Waals surface area contributed by atoms with Gasteiger partial charge in [-0.05, 0) is 32.0 Å². The van der Waals surface area contributed by atoms with Crippen molar-refractivity contribution in [1.29, 1.82) is 0 Å². The lowest BCUT2D eigenvalue weighted by atomic mass is 10.0. The summed E-state index contributed by atoms with van der Waals surface area (Å²) in [4.78, 5) is 9.15. The Morgan fingerprint density at radius 3 is 2.56 bits per heavy atom. The van der Waals surface area contributed by atoms with E-state index in [1.165, 1.54) is 0 Å². The van der Waals surface area contributed by atoms with Gasteiger partial charge in [-0.1, -0.05) is 6.92 Å². The number of pyridine rings is 1. The minimum absolute atomic E-state index is 0.390. The predicted molar refractivity (Wildman–Crippen MR) is 73.9 cm³/mol. The highest BCUT2D eigenvalue weighted by Crippen LogP contribution is 2.23. The van der Waals surface area contributed by atoms with Crippen molar-refractivity contribution in [3.8, 4) is 0 Å². The van der Waals surface area contributed by atoms with Crippen LogP contribution in [0.2, 0.25) is 0 Å². The van der Waals surface area contributed by atoms with Crippen LogP contribution >= 0.6 is 0 Å². The van der Waals surface area contributed by atoms with E-state index in [0.29, 0.717) is 0 Å². The molecular weight excluding hydrogens is 226 g/mol. The van der Waals surface area contributed by atoms with Crippen LogP contribution in [-0.4, -0.2) is 48.2 Å². The zero-order valence-electron chi connectivity index (χ0n) is 11.6. The summed E-state index contributed by atoms with van der Waals surface area (Å²) in [6.45, 7) is 8.26. The third-order valence-electron chi connectivity index (χ3n) is 3.71. The van der Waals surface area contributed by atoms with Crippen molar-refractivity contribution in [3.63, 3.8) is 0 Å². The summed E-state index contributed by atoms with van der Waals surface area (Å²) in [5.74, 6) is 1.03. The van der Waals surface area contributed by atoms with Crippen LogP contribution in [-0.2, 0) is 0 Å². The normalized spacial score (nSPS) is 19.0. The third kappa shape index (κ3) is 2.82. The van der Waals surface area contributed by atoms with Crippen molar-refractivity contribution in [2.24, 2.45) is 0 Å². The van der Waals surface area contributed by atoms with Crippen LogP contribution in [0.25, 0.3) is 0 Å². The van der Waals surface area contributed by atoms with Crippen molar-refractivity contribution in [2.75, 3.05) is 38.1 Å². The fraction of sp³-hybridized carbons (Fsp3) is 0.643. The molecule has 2 rings (SSSR count). The number of aliphatic hydroxyl groups is 1. The van der Waals surface area contributed by atoms with Gasteiger partial charge >= 0.3 is 0 Å². The molecule has 0 aromatic carbocycles. The number of hydrogen-bond donors (Lipinski definition) is 1. The molecule has 2 heterocycles. The van der Waals surface area contributed by atoms with E-state index in [2.05, 4.69) is 34.8 Å². The lowest BCUT2D eigenvalue weighted by Gasteiger charge is -2.33. The van der Waals surface area contributed by atoms with Gasteiger partial charge in [-0.2, -0.15) is 0 Å². The van der Waals surface area contributed by atoms with E-state index < -0.39 is 0 Å². The van der Waals surface area contributed by atoms with Gasteiger partial charge in [-0.25, -0.2) is 4.98 Å². The molecular formula is C14H23N3O. The maximum absolute atomic E-state index is 9.89. The summed E-state index contributed by atoms with van der Waals surface area (Å²) in [5.41, 5.74) is 2.09. The molecule has 0 amide bonds. The maximum atomic E-state index is 9.89. The molecule has 18 heavy (non-hydrogen) atoms. The summed E-state index contributed by atoms with van der Waals surface area (Å²) in [7, 11) is 2.15. The SMILES string of the molecule is CC[C@H](O)c1cnc(N2CCN(C)CC2)cc1C. The van der Waals surface area contributed by atoms with E-state index in [9.17, 15) is 5.11 Å². The van der Waals surface area contributed by atoms with Crippen molar-refractivity contribution < 1.29 is 5.11 Å². The molecule has 4 nitrogen and oxygen atoms in total. The van der Waals surface area contributed by atoms with Crippen LogP contribution in [0.15, 0.2) is 12.3 Å². The van der Waals surface area contributed by atoms with Gasteiger partial charge < -0.3 is 14.9 Å². The first-order valence-corrected chi connectivity index (χ1v) is 6.70. The van der Waals surface area contributed by atoms with Crippen LogP contribution in [0, 0.1) is 6.92 Å². The topological polar surface area (TPSA) is 39.6 Å². The van der Waals surface area contributed by atoms with Crippen molar-refractivity contribution in [2.45, 2.75) is 26.4 Å². The zero-order valence-corrected chi connectivity index (χ0v) is 11.6. The first-order chi connectivity index (χ1) is 8.61. The van der Waals surface area contributed by atoms with Gasteiger partial charge in [-0.15, -0.1) is 0 Å². The van der Waals surface area contributed by atoms with E-state index >= 15 is 0 Å². The number of piperazine rings is 1. The van der Waals surface area contributed by atoms with Gasteiger partial charge in [-0.3, -0.25) is 0 Å². The molecule has 4 heteroatoms. The number of aryl methyl sites for hydroxylation is 1. The standard InChI is InChI=1S/C14H23N3O/c1-4-13(18)12-10-15-14(9-11(12)2)17-7-5-16(3)6-8-17/h9-10,13,18H,4-8H2,1-3H3/t13-/m0/s1. The first kappa shape index (κ1) is 13.3. The maximum Gasteiger partial charge on any atom is 0.128 e. The lowest BCUT2D eigenvalue weighted by molar-refractivity contribution is 0.172. The number of likely N-dealkylation sites (N-methyl/N-ethyl adjacent to an activating group) is 1. The summed E-state index contributed by atoms with van der Waals surface area (Å²) in [6, 6.07) is 2.10. The second-order valence-corrected chi connectivity index (χ2v) is 5.11. The Labute approximate surface area is 109 Å². The lowest BCUT2D eigenvalue weighted by Crippen LogP contribution is -2.44. The fourth-order valence-electron chi connectivity index (χ4n) is 2.33. The Balaban J connectivity index is 2.13. The highest BCUT2D eigenvalue weighted by atomic mass is 16.3. The molecule has 1 aromatic rings. The van der Waals surface area contributed by atoms with Crippen molar-refractivity contribution in [1.82, 2.24) is 9.88 Å². The molecule has 1 aliphatic rings. The highest BCUT2D eigenvalue weighted by molar-refractivity contribution is 5.44. The molecule has 0 radical (unpaired) electrons. The predicted octanol–water partition coefficient (Wildman–Crippen LogP) is 1.59. The molecule has 1 saturated heterocycles. The Morgan fingerprint density at radius 2 is 2.00 bits per heavy atom. The molecule has 1 aliphatic heterocycles. The number of aromatic nitrogens is 1. The van der Waals surface area contributed by atoms with Gasteiger partial charge in [0.05, 0.1) is 6.10 Å². The molecule has 0 spiro atoms. The number of hydrogen-bond acceptors (Lipinski definition) is 4. The molecule has 1 fully saturated rings. The Bertz CT molecular complexity index is 400. The second-order valence-electron chi connectivity index (χ2n) is 5.11. The van der Waals surface area contributed by atoms with Crippen LogP contribution < -0.4 is 4.90 Å². The Hall–Kier alpha value is -1.13. The van der Waals surface area contributed by atoms with Gasteiger partial charge in [0.1, 0.15) is 5.82 Å². The molecule has 0 saturated carbocycles. The van der Waals surface area contributed by atoms with E-state index in [0.717, 1.165) is 49.5 Å². The quantitative estimate of drug-likeness (QED) is 0.883. The average molecular weight is 249 g/mol. The number of anilines is 1. The fourth-order valence-corrected chi connectivity index (χ4v) is 2.33. The largest absolute Gasteiger partial charge is 0.388 e. The molecule has 100 valence electrons. The number of aliphatic hydroxyl groups excluding tert-OH is 1. The molecule has 1 atom stereocenters. The Kier molecular flexibility index (Phi) is 4.19. The van der Waals surface area contributed by atoms with Gasteiger partial charge in [0.2, 0.25) is 0 Å². The minimum Gasteiger partial charge on any atom is -0.388 e. The summed E-state index contributed by atoms with van der Waals surface area (Å²) < 4.78 is 0. The van der Waals surface area contributed by atoms with Gasteiger partial charge in [0.25, 0.3) is 0 Å². The monoisotopic (exact) mass is 249 g/mol. The number of nitrogens with zero attached hydrogens (tertiary/aromatic N) is 3. The number of rotatable bonds is 3. The van der Waals surface area contributed by atoms with Gasteiger partial charge in [0, 0.05) is 37.9 Å². The molecule has 0 aliphatic carbocycles. The summed E-state index contributed by atoms with van der Waals surface area (Å²) in [5, 5.41) is 9.89. The van der Waals surface area contributed by atoms with Crippen molar-refractivity contribution >= 4 is 5.82 Å². The average Bonchev–Trinajstić information content (AvgIpc) is 2.38. The van der Waals surface area contributed by atoms with Crippen molar-refractivity contribution in [3.05, 3.63) is 23.4 Å². The Morgan fingerprint density at radius 1 is 1.33 bits per heavy atom. The van der Waals surface area contributed by atoms with Crippen LogP contribution in [0.1, 0.15) is 30.6 Å². The van der Waals surface area contributed by atoms with Crippen LogP contribution in [0.4, 0.5) is 5.82 Å².